The third-order valence-electron chi connectivity index (χ3n) is 2.09. The number of hydrogen-bond donors (Lipinski definition) is 3. The summed E-state index contributed by atoms with van der Waals surface area (Å²) in [6.07, 6.45) is 1.31. The predicted molar refractivity (Wildman–Crippen MR) is 82.4 cm³/mol. The van der Waals surface area contributed by atoms with Gasteiger partial charge in [-0.2, -0.15) is 0 Å². The number of aliphatic imine (C=N–C) groups is 1. The van der Waals surface area contributed by atoms with E-state index in [9.17, 15) is 4.79 Å². The summed E-state index contributed by atoms with van der Waals surface area (Å²) in [5, 5.41) is 3.26. The van der Waals surface area contributed by atoms with E-state index >= 15 is 0 Å². The number of carbonyl (C=O) groups is 1. The van der Waals surface area contributed by atoms with Crippen molar-refractivity contribution in [2.45, 2.75) is 0 Å². The molecule has 0 fully saturated rings. The number of carbonyl (C=O) groups excluding carboxylic acids is 1. The van der Waals surface area contributed by atoms with Crippen molar-refractivity contribution in [3.63, 3.8) is 0 Å². The van der Waals surface area contributed by atoms with Gasteiger partial charge in [0, 0.05) is 0 Å². The zero-order valence-electron chi connectivity index (χ0n) is 11.0. The van der Waals surface area contributed by atoms with Gasteiger partial charge in [0.25, 0.3) is 0 Å². The molecule has 0 saturated carbocycles. The van der Waals surface area contributed by atoms with Gasteiger partial charge in [-0.15, -0.1) is 0 Å². The van der Waals surface area contributed by atoms with E-state index < -0.39 is 0 Å². The molecular formula is C13H18N4O2S. The molecule has 0 heterocycles. The van der Waals surface area contributed by atoms with Crippen LogP contribution in [0.4, 0.5) is 0 Å². The monoisotopic (exact) mass is 294 g/mol. The maximum atomic E-state index is 11.5. The van der Waals surface area contributed by atoms with Crippen molar-refractivity contribution in [2.24, 2.45) is 10.8 Å². The second-order valence-electron chi connectivity index (χ2n) is 3.62. The van der Waals surface area contributed by atoms with Gasteiger partial charge in [0.1, 0.15) is 18.7 Å². The van der Waals surface area contributed by atoms with Crippen LogP contribution in [-0.2, 0) is 4.79 Å². The number of amides is 1. The van der Waals surface area contributed by atoms with Crippen molar-refractivity contribution in [3.8, 4) is 5.75 Å². The number of ether oxygens (including phenoxy) is 1. The molecule has 0 saturated heterocycles. The molecule has 0 aromatic heterocycles. The summed E-state index contributed by atoms with van der Waals surface area (Å²) < 4.78 is 5.45. The highest BCUT2D eigenvalue weighted by Gasteiger charge is 2.02. The zero-order chi connectivity index (χ0) is 14.6. The van der Waals surface area contributed by atoms with Crippen LogP contribution in [0.1, 0.15) is 0 Å². The molecule has 0 spiro atoms. The van der Waals surface area contributed by atoms with E-state index in [0.29, 0.717) is 18.2 Å². The zero-order valence-corrected chi connectivity index (χ0v) is 11.9. The van der Waals surface area contributed by atoms with Crippen molar-refractivity contribution in [3.05, 3.63) is 41.9 Å². The molecule has 1 aromatic rings. The van der Waals surface area contributed by atoms with Gasteiger partial charge < -0.3 is 15.5 Å². The first kappa shape index (κ1) is 16.1. The molecule has 0 aliphatic carbocycles. The summed E-state index contributed by atoms with van der Waals surface area (Å²) in [4.78, 5) is 15.4. The molecule has 7 heteroatoms. The Morgan fingerprint density at radius 1 is 1.45 bits per heavy atom. The number of rotatable bonds is 9. The summed E-state index contributed by atoms with van der Waals surface area (Å²) in [7, 11) is 0. The number of nitrogens with zero attached hydrogens (tertiary/aromatic N) is 1. The molecule has 1 rings (SSSR count). The molecule has 4 N–H and O–H groups in total. The molecule has 6 nitrogen and oxygen atoms in total. The lowest BCUT2D eigenvalue weighted by atomic mass is 10.3. The molecule has 1 aromatic carbocycles. The Kier molecular flexibility index (Phi) is 7.93. The van der Waals surface area contributed by atoms with Crippen molar-refractivity contribution in [1.29, 1.82) is 0 Å². The number of hydrazine groups is 1. The molecule has 0 unspecified atom stereocenters. The fraction of sp³-hybridized carbons (Fsp3) is 0.231. The summed E-state index contributed by atoms with van der Waals surface area (Å²) in [5.41, 5.74) is 2.26. The number of nitrogens with one attached hydrogen (secondary N) is 2. The van der Waals surface area contributed by atoms with Gasteiger partial charge in [-0.3, -0.25) is 4.79 Å². The van der Waals surface area contributed by atoms with E-state index in [-0.39, 0.29) is 11.7 Å². The average Bonchev–Trinajstić information content (AvgIpc) is 2.48. The van der Waals surface area contributed by atoms with E-state index in [1.807, 2.05) is 30.3 Å². The fourth-order valence-electron chi connectivity index (χ4n) is 1.22. The maximum Gasteiger partial charge on any atom is 0.230 e. The molecular weight excluding hydrogens is 276 g/mol. The molecule has 108 valence electrons. The first-order chi connectivity index (χ1) is 9.72. The highest BCUT2D eigenvalue weighted by atomic mass is 32.2. The van der Waals surface area contributed by atoms with E-state index in [0.717, 1.165) is 5.75 Å². The summed E-state index contributed by atoms with van der Waals surface area (Å²) in [6.45, 7) is 4.55. The van der Waals surface area contributed by atoms with E-state index in [4.69, 9.17) is 10.6 Å². The minimum Gasteiger partial charge on any atom is -0.492 e. The number of nitrogens with two attached hydrogens (primary N) is 1. The van der Waals surface area contributed by atoms with Crippen LogP contribution in [0.15, 0.2) is 46.9 Å². The smallest absolute Gasteiger partial charge is 0.230 e. The third-order valence-corrected chi connectivity index (χ3v) is 2.93. The molecule has 0 radical (unpaired) electrons. The quantitative estimate of drug-likeness (QED) is 0.207. The Morgan fingerprint density at radius 2 is 2.20 bits per heavy atom. The minimum absolute atomic E-state index is 0.0938. The summed E-state index contributed by atoms with van der Waals surface area (Å²) in [6, 6.07) is 9.44. The largest absolute Gasteiger partial charge is 0.492 e. The first-order valence-electron chi connectivity index (χ1n) is 5.97. The van der Waals surface area contributed by atoms with E-state index in [1.165, 1.54) is 18.1 Å². The van der Waals surface area contributed by atoms with E-state index in [2.05, 4.69) is 22.3 Å². The average molecular weight is 294 g/mol. The molecule has 0 aliphatic rings. The predicted octanol–water partition coefficient (Wildman–Crippen LogP) is 0.878. The molecule has 0 atom stereocenters. The molecule has 20 heavy (non-hydrogen) atoms. The Morgan fingerprint density at radius 3 is 2.90 bits per heavy atom. The fourth-order valence-corrected chi connectivity index (χ4v) is 1.75. The number of benzene rings is 1. The topological polar surface area (TPSA) is 88.7 Å². The molecule has 0 bridgehead atoms. The van der Waals surface area contributed by atoms with Gasteiger partial charge >= 0.3 is 0 Å². The van der Waals surface area contributed by atoms with Gasteiger partial charge in [-0.25, -0.2) is 10.8 Å². The van der Waals surface area contributed by atoms with Crippen LogP contribution in [0, 0.1) is 0 Å². The van der Waals surface area contributed by atoms with Gasteiger partial charge in [-0.05, 0) is 12.1 Å². The highest BCUT2D eigenvalue weighted by Crippen LogP contribution is 2.13. The summed E-state index contributed by atoms with van der Waals surface area (Å²) in [5.74, 6) is 5.97. The van der Waals surface area contributed by atoms with Crippen LogP contribution in [-0.4, -0.2) is 31.2 Å². The van der Waals surface area contributed by atoms with Crippen molar-refractivity contribution in [1.82, 2.24) is 10.7 Å². The third kappa shape index (κ3) is 7.45. The van der Waals surface area contributed by atoms with Crippen LogP contribution < -0.4 is 21.3 Å². The van der Waals surface area contributed by atoms with E-state index in [1.54, 1.807) is 0 Å². The first-order valence-corrected chi connectivity index (χ1v) is 6.96. The van der Waals surface area contributed by atoms with Crippen LogP contribution in [0.3, 0.4) is 0 Å². The normalized spacial score (nSPS) is 10.2. The van der Waals surface area contributed by atoms with Gasteiger partial charge in [-0.1, -0.05) is 36.5 Å². The van der Waals surface area contributed by atoms with Crippen molar-refractivity contribution >= 4 is 24.0 Å². The van der Waals surface area contributed by atoms with Crippen LogP contribution in [0.25, 0.3) is 0 Å². The van der Waals surface area contributed by atoms with Gasteiger partial charge in [0.2, 0.25) is 5.91 Å². The van der Waals surface area contributed by atoms with Crippen LogP contribution in [0.5, 0.6) is 5.75 Å². The Hall–Kier alpha value is -1.99. The summed E-state index contributed by atoms with van der Waals surface area (Å²) >= 11 is 1.24. The lowest BCUT2D eigenvalue weighted by Crippen LogP contribution is -2.29. The lowest BCUT2D eigenvalue weighted by Gasteiger charge is -2.07. The SMILES string of the molecule is C=C(N=CNN)SCC(=O)NCCOc1ccccc1. The van der Waals surface area contributed by atoms with Crippen molar-refractivity contribution in [2.75, 3.05) is 18.9 Å². The maximum absolute atomic E-state index is 11.5. The Bertz CT molecular complexity index is 451. The Balaban J connectivity index is 2.08. The number of para-hydroxylation sites is 1. The van der Waals surface area contributed by atoms with Crippen molar-refractivity contribution < 1.29 is 9.53 Å². The van der Waals surface area contributed by atoms with Crippen LogP contribution in [0.2, 0.25) is 0 Å². The highest BCUT2D eigenvalue weighted by molar-refractivity contribution is 8.03. The van der Waals surface area contributed by atoms with Gasteiger partial charge in [0.05, 0.1) is 17.3 Å². The number of hydrogen-bond acceptors (Lipinski definition) is 5. The Labute approximate surface area is 122 Å². The second-order valence-corrected chi connectivity index (χ2v) is 4.67. The molecule has 1 amide bonds. The molecule has 0 aliphatic heterocycles. The lowest BCUT2D eigenvalue weighted by molar-refractivity contribution is -0.118. The van der Waals surface area contributed by atoms with Gasteiger partial charge in [0.15, 0.2) is 0 Å². The standard InChI is InChI=1S/C13H18N4O2S/c1-11(16-10-17-14)20-9-13(18)15-7-8-19-12-5-3-2-4-6-12/h2-6,10H,1,7-9,14H2,(H,15,18)(H,16,17). The second kappa shape index (κ2) is 9.88. The van der Waals surface area contributed by atoms with Crippen LogP contribution >= 0.6 is 11.8 Å². The minimum atomic E-state index is -0.0938. The number of thioether (sulfide) groups is 1.